The average Bonchev–Trinajstić information content (AvgIpc) is 2.88. The van der Waals surface area contributed by atoms with Crippen molar-refractivity contribution in [3.63, 3.8) is 0 Å². The largest absolute Gasteiger partial charge is 0.480 e. The number of sulfonamides is 1. The van der Waals surface area contributed by atoms with Crippen LogP contribution in [0.25, 0.3) is 0 Å². The maximum atomic E-state index is 12.5. The second-order valence-corrected chi connectivity index (χ2v) is 8.38. The van der Waals surface area contributed by atoms with Gasteiger partial charge in [-0.25, -0.2) is 8.42 Å². The summed E-state index contributed by atoms with van der Waals surface area (Å²) in [4.78, 5) is 11.3. The summed E-state index contributed by atoms with van der Waals surface area (Å²) in [6, 6.07) is 5.75. The Morgan fingerprint density at radius 2 is 2.00 bits per heavy atom. The van der Waals surface area contributed by atoms with E-state index < -0.39 is 22.0 Å². The molecule has 0 aliphatic carbocycles. The van der Waals surface area contributed by atoms with Crippen LogP contribution in [0.4, 0.5) is 0 Å². The molecule has 1 saturated heterocycles. The molecule has 7 heteroatoms. The summed E-state index contributed by atoms with van der Waals surface area (Å²) in [6.45, 7) is 4.20. The molecule has 0 aromatic heterocycles. The van der Waals surface area contributed by atoms with E-state index in [-0.39, 0.29) is 10.8 Å². The zero-order valence-electron chi connectivity index (χ0n) is 12.0. The molecule has 1 N–H and O–H groups in total. The summed E-state index contributed by atoms with van der Waals surface area (Å²) >= 11 is 1.32. The predicted octanol–water partition coefficient (Wildman–Crippen LogP) is 2.03. The first-order valence-electron chi connectivity index (χ1n) is 6.73. The number of carboxylic acid groups (broad SMARTS) is 1. The third-order valence-corrected chi connectivity index (χ3v) is 6.35. The van der Waals surface area contributed by atoms with Crippen LogP contribution >= 0.6 is 11.8 Å². The zero-order chi connectivity index (χ0) is 15.6. The Morgan fingerprint density at radius 1 is 1.38 bits per heavy atom. The van der Waals surface area contributed by atoms with Crippen LogP contribution < -0.4 is 0 Å². The van der Waals surface area contributed by atoms with E-state index in [1.807, 2.05) is 0 Å². The quantitative estimate of drug-likeness (QED) is 0.895. The number of nitrogens with zero attached hydrogens (tertiary/aromatic N) is 1. The highest BCUT2D eigenvalue weighted by Crippen LogP contribution is 2.28. The van der Waals surface area contributed by atoms with Crippen LogP contribution in [0.3, 0.4) is 0 Å². The van der Waals surface area contributed by atoms with Gasteiger partial charge in [-0.1, -0.05) is 26.0 Å². The summed E-state index contributed by atoms with van der Waals surface area (Å²) in [5.41, 5.74) is 1.08. The van der Waals surface area contributed by atoms with Crippen LogP contribution in [-0.2, 0) is 21.2 Å². The minimum Gasteiger partial charge on any atom is -0.480 e. The van der Waals surface area contributed by atoms with Crippen LogP contribution in [0.5, 0.6) is 0 Å². The molecule has 1 fully saturated rings. The van der Waals surface area contributed by atoms with Crippen molar-refractivity contribution in [1.82, 2.24) is 4.31 Å². The van der Waals surface area contributed by atoms with Crippen LogP contribution in [0.1, 0.15) is 19.4 Å². The molecule has 0 spiro atoms. The minimum absolute atomic E-state index is 0.156. The van der Waals surface area contributed by atoms with Crippen LogP contribution in [0.2, 0.25) is 0 Å². The van der Waals surface area contributed by atoms with Gasteiger partial charge in [-0.05, 0) is 30.0 Å². The second kappa shape index (κ2) is 6.37. The van der Waals surface area contributed by atoms with Crippen molar-refractivity contribution in [3.8, 4) is 0 Å². The van der Waals surface area contributed by atoms with E-state index in [0.717, 1.165) is 16.3 Å². The van der Waals surface area contributed by atoms with Crippen molar-refractivity contribution in [2.45, 2.75) is 31.2 Å². The zero-order valence-corrected chi connectivity index (χ0v) is 13.7. The van der Waals surface area contributed by atoms with Crippen LogP contribution in [-0.4, -0.2) is 41.5 Å². The molecule has 1 aromatic rings. The van der Waals surface area contributed by atoms with Gasteiger partial charge < -0.3 is 5.11 Å². The number of carboxylic acids is 1. The fourth-order valence-corrected chi connectivity index (χ4v) is 5.40. The van der Waals surface area contributed by atoms with Crippen molar-refractivity contribution >= 4 is 27.8 Å². The van der Waals surface area contributed by atoms with E-state index in [1.54, 1.807) is 24.3 Å². The number of thioether (sulfide) groups is 1. The summed E-state index contributed by atoms with van der Waals surface area (Å²) in [5.74, 6) is -0.119. The van der Waals surface area contributed by atoms with Gasteiger partial charge in [0.2, 0.25) is 10.0 Å². The maximum Gasteiger partial charge on any atom is 0.322 e. The number of benzene rings is 1. The average molecular weight is 329 g/mol. The Kier molecular flexibility index (Phi) is 4.95. The molecule has 1 aliphatic heterocycles. The van der Waals surface area contributed by atoms with Crippen LogP contribution in [0.15, 0.2) is 29.2 Å². The lowest BCUT2D eigenvalue weighted by Crippen LogP contribution is -2.41. The lowest BCUT2D eigenvalue weighted by Gasteiger charge is -2.20. The van der Waals surface area contributed by atoms with Crippen molar-refractivity contribution < 1.29 is 18.3 Å². The molecule has 0 bridgehead atoms. The number of carbonyl (C=O) groups is 1. The van der Waals surface area contributed by atoms with Gasteiger partial charge in [-0.15, -0.1) is 11.8 Å². The van der Waals surface area contributed by atoms with Gasteiger partial charge in [-0.3, -0.25) is 4.79 Å². The van der Waals surface area contributed by atoms with Crippen molar-refractivity contribution in [1.29, 1.82) is 0 Å². The number of rotatable bonds is 5. The molecule has 0 saturated carbocycles. The lowest BCUT2D eigenvalue weighted by molar-refractivity contribution is -0.140. The Bertz CT molecular complexity index is 610. The van der Waals surface area contributed by atoms with Crippen molar-refractivity contribution in [2.75, 3.05) is 11.6 Å². The van der Waals surface area contributed by atoms with Gasteiger partial charge in [0.15, 0.2) is 0 Å². The summed E-state index contributed by atoms with van der Waals surface area (Å²) in [7, 11) is -3.75. The molecule has 21 heavy (non-hydrogen) atoms. The second-order valence-electron chi connectivity index (χ2n) is 5.49. The molecule has 1 aromatic carbocycles. The molecule has 0 unspecified atom stereocenters. The van der Waals surface area contributed by atoms with Crippen molar-refractivity contribution in [3.05, 3.63) is 29.8 Å². The predicted molar refractivity (Wildman–Crippen MR) is 82.8 cm³/mol. The van der Waals surface area contributed by atoms with E-state index in [9.17, 15) is 13.2 Å². The Balaban J connectivity index is 2.25. The van der Waals surface area contributed by atoms with E-state index in [0.29, 0.717) is 11.7 Å². The maximum absolute atomic E-state index is 12.5. The minimum atomic E-state index is -3.75. The Labute approximate surface area is 129 Å². The monoisotopic (exact) mass is 329 g/mol. The summed E-state index contributed by atoms with van der Waals surface area (Å²) in [6.07, 6.45) is 0.887. The van der Waals surface area contributed by atoms with Gasteiger partial charge in [0.05, 0.1) is 10.8 Å². The van der Waals surface area contributed by atoms with E-state index in [1.165, 1.54) is 11.8 Å². The normalized spacial score (nSPS) is 20.0. The van der Waals surface area contributed by atoms with Gasteiger partial charge in [0.25, 0.3) is 0 Å². The molecular weight excluding hydrogens is 310 g/mol. The first-order chi connectivity index (χ1) is 9.82. The summed E-state index contributed by atoms with van der Waals surface area (Å²) < 4.78 is 26.1. The summed E-state index contributed by atoms with van der Waals surface area (Å²) in [5, 5.41) is 9.12. The Morgan fingerprint density at radius 3 is 2.52 bits per heavy atom. The smallest absolute Gasteiger partial charge is 0.322 e. The van der Waals surface area contributed by atoms with Gasteiger partial charge in [0, 0.05) is 5.75 Å². The fraction of sp³-hybridized carbons (Fsp3) is 0.500. The van der Waals surface area contributed by atoms with E-state index in [4.69, 9.17) is 5.11 Å². The van der Waals surface area contributed by atoms with Crippen molar-refractivity contribution in [2.24, 2.45) is 5.92 Å². The number of aliphatic carboxylic acids is 1. The molecule has 2 rings (SSSR count). The standard InChI is InChI=1S/C14H19NO4S2/c1-10(2)7-11-3-5-12(6-4-11)21(18,19)15-9-20-8-13(15)14(16)17/h3-6,10,13H,7-9H2,1-2H3,(H,16,17)/t13-/m0/s1. The van der Waals surface area contributed by atoms with Gasteiger partial charge >= 0.3 is 5.97 Å². The third kappa shape index (κ3) is 3.59. The topological polar surface area (TPSA) is 74.7 Å². The highest BCUT2D eigenvalue weighted by molar-refractivity contribution is 8.00. The Hall–Kier alpha value is -1.05. The SMILES string of the molecule is CC(C)Cc1ccc(S(=O)(=O)N2CSC[C@H]2C(=O)O)cc1. The molecule has 116 valence electrons. The number of hydrogen-bond donors (Lipinski definition) is 1. The van der Waals surface area contributed by atoms with Gasteiger partial charge in [-0.2, -0.15) is 4.31 Å². The van der Waals surface area contributed by atoms with Crippen LogP contribution in [0, 0.1) is 5.92 Å². The first kappa shape index (κ1) is 16.3. The molecule has 0 amide bonds. The highest BCUT2D eigenvalue weighted by Gasteiger charge is 2.39. The molecule has 1 atom stereocenters. The molecule has 0 radical (unpaired) electrons. The van der Waals surface area contributed by atoms with E-state index >= 15 is 0 Å². The molecule has 1 heterocycles. The molecule has 1 aliphatic rings. The van der Waals surface area contributed by atoms with Gasteiger partial charge in [0.1, 0.15) is 6.04 Å². The molecular formula is C14H19NO4S2. The first-order valence-corrected chi connectivity index (χ1v) is 9.33. The lowest BCUT2D eigenvalue weighted by atomic mass is 10.0. The highest BCUT2D eigenvalue weighted by atomic mass is 32.2. The molecule has 5 nitrogen and oxygen atoms in total. The third-order valence-electron chi connectivity index (χ3n) is 3.30. The number of hydrogen-bond acceptors (Lipinski definition) is 4. The fourth-order valence-electron chi connectivity index (χ4n) is 2.26. The van der Waals surface area contributed by atoms with E-state index in [2.05, 4.69) is 13.8 Å².